The van der Waals surface area contributed by atoms with Gasteiger partial charge < -0.3 is 28.5 Å². The highest BCUT2D eigenvalue weighted by Gasteiger charge is 2.25. The minimum absolute atomic E-state index is 0.173. The number of rotatable bonds is 75. The van der Waals surface area contributed by atoms with Crippen molar-refractivity contribution in [2.75, 3.05) is 47.5 Å². The smallest absolute Gasteiger partial charge is 0.361 e. The maximum atomic E-state index is 13.0. The second-order valence-electron chi connectivity index (χ2n) is 28.4. The van der Waals surface area contributed by atoms with E-state index in [0.29, 0.717) is 17.4 Å². The van der Waals surface area contributed by atoms with Crippen molar-refractivity contribution in [2.45, 2.75) is 431 Å². The van der Waals surface area contributed by atoms with E-state index in [0.717, 1.165) is 38.5 Å². The molecule has 0 aliphatic carbocycles. The van der Waals surface area contributed by atoms with Gasteiger partial charge in [-0.1, -0.05) is 379 Å². The maximum absolute atomic E-state index is 13.0. The summed E-state index contributed by atoms with van der Waals surface area (Å²) in [5.41, 5.74) is 0. The number of hydrogen-bond acceptors (Lipinski definition) is 7. The zero-order valence-corrected chi connectivity index (χ0v) is 59.9. The molecule has 88 heavy (non-hydrogen) atoms. The Kier molecular flexibility index (Phi) is 69.3. The van der Waals surface area contributed by atoms with Gasteiger partial charge in [-0.25, -0.2) is 4.79 Å². The van der Waals surface area contributed by atoms with Crippen molar-refractivity contribution in [1.82, 2.24) is 0 Å². The summed E-state index contributed by atoms with van der Waals surface area (Å²) in [6.07, 6.45) is 85.2. The molecule has 0 aliphatic heterocycles. The van der Waals surface area contributed by atoms with Gasteiger partial charge in [0.15, 0.2) is 6.10 Å². The van der Waals surface area contributed by atoms with Crippen LogP contribution >= 0.6 is 0 Å². The molecule has 1 N–H and O–H groups in total. The fraction of sp³-hybridized carbons (Fsp3) is 0.937. The van der Waals surface area contributed by atoms with Crippen LogP contribution in [0.15, 0.2) is 12.2 Å². The molecular formula is C79H154NO8+. The summed E-state index contributed by atoms with van der Waals surface area (Å²) in [6, 6.07) is 0. The van der Waals surface area contributed by atoms with Crippen molar-refractivity contribution in [1.29, 1.82) is 0 Å². The largest absolute Gasteiger partial charge is 0.477 e. The minimum atomic E-state index is -1.51. The highest BCUT2D eigenvalue weighted by molar-refractivity contribution is 5.71. The van der Waals surface area contributed by atoms with Gasteiger partial charge in [0.1, 0.15) is 13.2 Å². The molecule has 0 fully saturated rings. The summed E-state index contributed by atoms with van der Waals surface area (Å²) < 4.78 is 23.0. The van der Waals surface area contributed by atoms with Gasteiger partial charge in [0, 0.05) is 12.8 Å². The number of carboxylic acids is 1. The number of carbonyl (C=O) groups is 3. The second kappa shape index (κ2) is 70.9. The number of hydrogen-bond donors (Lipinski definition) is 1. The van der Waals surface area contributed by atoms with E-state index in [9.17, 15) is 19.5 Å². The number of quaternary nitrogens is 1. The molecule has 2 unspecified atom stereocenters. The summed E-state index contributed by atoms with van der Waals surface area (Å²) in [5, 5.41) is 9.76. The highest BCUT2D eigenvalue weighted by atomic mass is 16.7. The molecule has 2 atom stereocenters. The number of allylic oxidation sites excluding steroid dienone is 2. The molecule has 0 amide bonds. The van der Waals surface area contributed by atoms with Gasteiger partial charge in [-0.05, 0) is 38.5 Å². The lowest BCUT2D eigenvalue weighted by Crippen LogP contribution is -2.40. The molecule has 0 bridgehead atoms. The SMILES string of the molecule is CCCCCCCCCC/C=C\CCCCCCCCCCCCCCCCCCCCCCCCCCCCCCCC(=O)OC(COC(=O)CCCCCCCCCCCCCCCCCCCCCCCC)COC(OCC[N+](C)(C)C)C(=O)O. The molecule has 0 aromatic rings. The lowest BCUT2D eigenvalue weighted by molar-refractivity contribution is -0.870. The predicted octanol–water partition coefficient (Wildman–Crippen LogP) is 24.8. The number of esters is 2. The van der Waals surface area contributed by atoms with E-state index in [1.807, 2.05) is 21.1 Å². The van der Waals surface area contributed by atoms with Crippen molar-refractivity contribution in [3.8, 4) is 0 Å². The third-order valence-electron chi connectivity index (χ3n) is 18.3. The van der Waals surface area contributed by atoms with E-state index in [2.05, 4.69) is 26.0 Å². The molecule has 9 heteroatoms. The molecule has 0 rings (SSSR count). The van der Waals surface area contributed by atoms with Crippen LogP contribution in [0.5, 0.6) is 0 Å². The van der Waals surface area contributed by atoms with Crippen LogP contribution in [0.1, 0.15) is 418 Å². The highest BCUT2D eigenvalue weighted by Crippen LogP contribution is 2.20. The first-order chi connectivity index (χ1) is 43.1. The van der Waals surface area contributed by atoms with Crippen LogP contribution in [-0.4, -0.2) is 87.4 Å². The van der Waals surface area contributed by atoms with E-state index in [1.165, 1.54) is 353 Å². The Labute approximate surface area is 548 Å². The van der Waals surface area contributed by atoms with Crippen molar-refractivity contribution < 1.29 is 42.9 Å². The quantitative estimate of drug-likeness (QED) is 0.0211. The first-order valence-electron chi connectivity index (χ1n) is 39.4. The van der Waals surface area contributed by atoms with Crippen LogP contribution in [0.3, 0.4) is 0 Å². The van der Waals surface area contributed by atoms with Crippen LogP contribution in [0.2, 0.25) is 0 Å². The number of ether oxygens (including phenoxy) is 4. The number of carbonyl (C=O) groups excluding carboxylic acids is 2. The van der Waals surface area contributed by atoms with Crippen LogP contribution in [-0.2, 0) is 33.3 Å². The molecule has 522 valence electrons. The van der Waals surface area contributed by atoms with Crippen molar-refractivity contribution in [3.05, 3.63) is 12.2 Å². The molecule has 0 aliphatic rings. The van der Waals surface area contributed by atoms with E-state index < -0.39 is 18.4 Å². The Morgan fingerprint density at radius 3 is 0.841 bits per heavy atom. The van der Waals surface area contributed by atoms with Gasteiger partial charge in [-0.15, -0.1) is 0 Å². The van der Waals surface area contributed by atoms with Gasteiger partial charge in [0.05, 0.1) is 34.4 Å². The standard InChI is InChI=1S/C79H153NO8/c1-6-8-10-12-14-16-18-20-22-24-26-28-30-31-32-33-34-35-36-37-38-39-40-41-42-43-44-45-46-47-48-50-52-54-56-58-60-62-64-66-68-70-77(82)88-75(74-87-79(78(83)84)85-72-71-80(3,4)5)73-86-76(81)69-67-65-63-61-59-57-55-53-51-49-29-27-25-23-21-19-17-15-13-11-9-7-2/h24,26,75,79H,6-23,25,27-74H2,1-5H3/p+1/b26-24-. The van der Waals surface area contributed by atoms with Crippen LogP contribution in [0, 0.1) is 0 Å². The fourth-order valence-electron chi connectivity index (χ4n) is 12.3. The summed E-state index contributed by atoms with van der Waals surface area (Å²) >= 11 is 0. The second-order valence-corrected chi connectivity index (χ2v) is 28.4. The lowest BCUT2D eigenvalue weighted by atomic mass is 10.0. The Morgan fingerprint density at radius 2 is 0.580 bits per heavy atom. The number of unbranched alkanes of at least 4 members (excludes halogenated alkanes) is 58. The third kappa shape index (κ3) is 71.5. The number of likely N-dealkylation sites (N-methyl/N-ethyl adjacent to an activating group) is 1. The monoisotopic (exact) mass is 1250 g/mol. The zero-order valence-electron chi connectivity index (χ0n) is 59.9. The number of carboxylic acid groups (broad SMARTS) is 1. The summed E-state index contributed by atoms with van der Waals surface area (Å²) in [5.74, 6) is -1.97. The predicted molar refractivity (Wildman–Crippen MR) is 378 cm³/mol. The molecule has 0 saturated heterocycles. The van der Waals surface area contributed by atoms with Crippen molar-refractivity contribution in [3.63, 3.8) is 0 Å². The average molecular weight is 1250 g/mol. The topological polar surface area (TPSA) is 108 Å². The summed E-state index contributed by atoms with van der Waals surface area (Å²) in [6.45, 7) is 4.97. The normalized spacial score (nSPS) is 12.6. The van der Waals surface area contributed by atoms with Crippen LogP contribution in [0.25, 0.3) is 0 Å². The Bertz CT molecular complexity index is 1450. The Hall–Kier alpha value is -1.97. The number of nitrogens with zero attached hydrogens (tertiary/aromatic N) is 1. The van der Waals surface area contributed by atoms with Crippen LogP contribution in [0.4, 0.5) is 0 Å². The van der Waals surface area contributed by atoms with Gasteiger partial charge in [-0.2, -0.15) is 0 Å². The molecule has 0 aromatic heterocycles. The van der Waals surface area contributed by atoms with E-state index >= 15 is 0 Å². The average Bonchev–Trinajstić information content (AvgIpc) is 3.55. The third-order valence-corrected chi connectivity index (χ3v) is 18.3. The van der Waals surface area contributed by atoms with Crippen LogP contribution < -0.4 is 0 Å². The molecule has 0 saturated carbocycles. The molecular weight excluding hydrogens is 1090 g/mol. The Morgan fingerprint density at radius 1 is 0.330 bits per heavy atom. The molecule has 9 nitrogen and oxygen atoms in total. The van der Waals surface area contributed by atoms with Gasteiger partial charge in [-0.3, -0.25) is 9.59 Å². The van der Waals surface area contributed by atoms with E-state index in [-0.39, 0.29) is 38.2 Å². The minimum Gasteiger partial charge on any atom is -0.477 e. The molecule has 0 spiro atoms. The van der Waals surface area contributed by atoms with Gasteiger partial charge in [0.25, 0.3) is 6.29 Å². The lowest BCUT2D eigenvalue weighted by Gasteiger charge is -2.25. The first kappa shape index (κ1) is 86.0. The summed E-state index contributed by atoms with van der Waals surface area (Å²) in [4.78, 5) is 37.7. The zero-order chi connectivity index (χ0) is 64.0. The fourth-order valence-corrected chi connectivity index (χ4v) is 12.3. The molecule has 0 aromatic carbocycles. The van der Waals surface area contributed by atoms with E-state index in [1.54, 1.807) is 0 Å². The molecule has 0 heterocycles. The Balaban J connectivity index is 3.90. The van der Waals surface area contributed by atoms with Crippen molar-refractivity contribution >= 4 is 17.9 Å². The van der Waals surface area contributed by atoms with Crippen molar-refractivity contribution in [2.24, 2.45) is 0 Å². The van der Waals surface area contributed by atoms with Gasteiger partial charge in [0.2, 0.25) is 0 Å². The maximum Gasteiger partial charge on any atom is 0.361 e. The van der Waals surface area contributed by atoms with E-state index in [4.69, 9.17) is 18.9 Å². The first-order valence-corrected chi connectivity index (χ1v) is 39.4. The number of aliphatic carboxylic acids is 1. The molecule has 0 radical (unpaired) electrons. The van der Waals surface area contributed by atoms with Gasteiger partial charge >= 0.3 is 17.9 Å². The summed E-state index contributed by atoms with van der Waals surface area (Å²) in [7, 11) is 6.00.